The molecule has 3 aromatic rings. The monoisotopic (exact) mass is 436 g/mol. The van der Waals surface area contributed by atoms with Crippen LogP contribution < -0.4 is 10.5 Å². The Balaban J connectivity index is 1.82. The number of fused-ring (bicyclic) bond motifs is 1. The summed E-state index contributed by atoms with van der Waals surface area (Å²) in [6.45, 7) is 0.456. The minimum absolute atomic E-state index is 0.00967. The van der Waals surface area contributed by atoms with Crippen molar-refractivity contribution in [1.29, 1.82) is 0 Å². The molecule has 31 heavy (non-hydrogen) atoms. The van der Waals surface area contributed by atoms with Gasteiger partial charge in [-0.2, -0.15) is 13.2 Å². The Labute approximate surface area is 174 Å². The number of aliphatic hydroxyl groups is 1. The van der Waals surface area contributed by atoms with Crippen molar-refractivity contribution in [3.63, 3.8) is 0 Å². The van der Waals surface area contributed by atoms with Gasteiger partial charge in [0.15, 0.2) is 11.5 Å². The second-order valence-electron chi connectivity index (χ2n) is 7.09. The predicted molar refractivity (Wildman–Crippen MR) is 103 cm³/mol. The third-order valence-corrected chi connectivity index (χ3v) is 5.10. The average molecular weight is 436 g/mol. The molecule has 1 amide bonds. The molecule has 0 spiro atoms. The van der Waals surface area contributed by atoms with E-state index in [4.69, 9.17) is 14.9 Å². The van der Waals surface area contributed by atoms with E-state index in [0.717, 1.165) is 6.07 Å². The molecule has 0 saturated carbocycles. The average Bonchev–Trinajstić information content (AvgIpc) is 3.37. The van der Waals surface area contributed by atoms with E-state index in [1.165, 1.54) is 24.1 Å². The number of hydrogen-bond donors (Lipinski definition) is 2. The van der Waals surface area contributed by atoms with Crippen molar-refractivity contribution in [2.75, 3.05) is 20.2 Å². The Morgan fingerprint density at radius 1 is 1.32 bits per heavy atom. The number of carbonyl (C=O) groups is 1. The van der Waals surface area contributed by atoms with Gasteiger partial charge in [0.2, 0.25) is 5.89 Å². The number of β-amino-alcohol motifs (C(OH)–C–C–N with tert-alkyl or cyclic N) is 1. The Kier molecular flexibility index (Phi) is 5.31. The lowest BCUT2D eigenvalue weighted by molar-refractivity contribution is -0.140. The molecule has 164 valence electrons. The fraction of sp³-hybridized carbons (Fsp3) is 0.350. The second kappa shape index (κ2) is 7.82. The van der Waals surface area contributed by atoms with Crippen LogP contribution in [0.1, 0.15) is 28.4 Å². The molecule has 0 bridgehead atoms. The predicted octanol–water partition coefficient (Wildman–Crippen LogP) is 2.58. The summed E-state index contributed by atoms with van der Waals surface area (Å²) in [6.07, 6.45) is -4.76. The molecule has 2 aromatic heterocycles. The van der Waals surface area contributed by atoms with Gasteiger partial charge in [0, 0.05) is 24.0 Å². The van der Waals surface area contributed by atoms with Crippen molar-refractivity contribution in [1.82, 2.24) is 14.9 Å². The Morgan fingerprint density at radius 2 is 2.10 bits per heavy atom. The maximum atomic E-state index is 13.1. The number of carbonyl (C=O) groups excluding carboxylic acids is 1. The van der Waals surface area contributed by atoms with E-state index in [0.29, 0.717) is 23.9 Å². The zero-order valence-electron chi connectivity index (χ0n) is 16.4. The maximum absolute atomic E-state index is 13.1. The van der Waals surface area contributed by atoms with Crippen LogP contribution in [0.2, 0.25) is 0 Å². The molecule has 1 aromatic carbocycles. The topological polar surface area (TPSA) is 115 Å². The maximum Gasteiger partial charge on any atom is 0.433 e. The lowest BCUT2D eigenvalue weighted by atomic mass is 10.1. The fourth-order valence-electron chi connectivity index (χ4n) is 3.55. The van der Waals surface area contributed by atoms with Gasteiger partial charge in [-0.3, -0.25) is 4.79 Å². The molecule has 1 aliphatic rings. The van der Waals surface area contributed by atoms with Crippen LogP contribution in [0.4, 0.5) is 13.2 Å². The molecule has 1 fully saturated rings. The number of benzene rings is 1. The van der Waals surface area contributed by atoms with E-state index in [2.05, 4.69) is 9.97 Å². The van der Waals surface area contributed by atoms with Crippen LogP contribution in [0.5, 0.6) is 5.75 Å². The van der Waals surface area contributed by atoms with Crippen LogP contribution in [0, 0.1) is 0 Å². The van der Waals surface area contributed by atoms with Crippen LogP contribution in [0.15, 0.2) is 28.7 Å². The number of nitrogens with zero attached hydrogens (tertiary/aromatic N) is 3. The first-order valence-electron chi connectivity index (χ1n) is 9.45. The number of halogens is 3. The van der Waals surface area contributed by atoms with E-state index >= 15 is 0 Å². The molecular formula is C20H19F3N4O4. The second-order valence-corrected chi connectivity index (χ2v) is 7.09. The Bertz CT molecular complexity index is 1150. The molecule has 4 rings (SSSR count). The third kappa shape index (κ3) is 3.81. The first-order valence-corrected chi connectivity index (χ1v) is 9.45. The zero-order chi connectivity index (χ0) is 22.3. The van der Waals surface area contributed by atoms with Gasteiger partial charge in [-0.1, -0.05) is 0 Å². The first kappa shape index (κ1) is 21.1. The van der Waals surface area contributed by atoms with Gasteiger partial charge in [-0.25, -0.2) is 9.97 Å². The van der Waals surface area contributed by atoms with E-state index in [-0.39, 0.29) is 41.7 Å². The molecule has 1 unspecified atom stereocenters. The fourth-order valence-corrected chi connectivity index (χ4v) is 3.55. The van der Waals surface area contributed by atoms with Crippen LogP contribution in [0.25, 0.3) is 22.4 Å². The number of amides is 1. The summed E-state index contributed by atoms with van der Waals surface area (Å²) >= 11 is 0. The molecule has 1 atom stereocenters. The molecule has 0 aliphatic carbocycles. The van der Waals surface area contributed by atoms with Crippen LogP contribution in [-0.2, 0) is 12.7 Å². The summed E-state index contributed by atoms with van der Waals surface area (Å²) in [7, 11) is 1.33. The highest BCUT2D eigenvalue weighted by Gasteiger charge is 2.34. The first-order chi connectivity index (χ1) is 14.7. The van der Waals surface area contributed by atoms with E-state index in [1.807, 2.05) is 0 Å². The number of likely N-dealkylation sites (tertiary alicyclic amines) is 1. The quantitative estimate of drug-likeness (QED) is 0.646. The number of aliphatic hydroxyl groups excluding tert-OH is 1. The van der Waals surface area contributed by atoms with Gasteiger partial charge in [0.05, 0.1) is 19.8 Å². The molecule has 3 N–H and O–H groups in total. The number of methoxy groups -OCH3 is 1. The summed E-state index contributed by atoms with van der Waals surface area (Å²) in [5.41, 5.74) is 4.99. The number of alkyl halides is 3. The summed E-state index contributed by atoms with van der Waals surface area (Å²) in [5.74, 6) is -0.108. The SMILES string of the molecule is COc1ccc(-c2nc(C(=O)N3CCC(O)C3)c(CN)o2)c2ccc(C(F)(F)F)nc12. The van der Waals surface area contributed by atoms with Crippen molar-refractivity contribution in [3.05, 3.63) is 41.4 Å². The Hall–Kier alpha value is -3.18. The standard InChI is InChI=1S/C20H19F3N4O4/c1-30-13-4-2-12(11-3-5-15(20(21,22)23)25-16(11)13)18-26-17(14(8-24)31-18)19(29)27-7-6-10(28)9-27/h2-5,10,28H,6-9,24H2,1H3. The largest absolute Gasteiger partial charge is 0.494 e. The highest BCUT2D eigenvalue weighted by Crippen LogP contribution is 2.37. The normalized spacial score (nSPS) is 16.8. The number of rotatable bonds is 4. The molecule has 3 heterocycles. The van der Waals surface area contributed by atoms with Crippen molar-refractivity contribution in [3.8, 4) is 17.2 Å². The lowest BCUT2D eigenvalue weighted by Gasteiger charge is -2.13. The molecule has 8 nitrogen and oxygen atoms in total. The smallest absolute Gasteiger partial charge is 0.433 e. The highest BCUT2D eigenvalue weighted by molar-refractivity contribution is 5.98. The molecular weight excluding hydrogens is 417 g/mol. The van der Waals surface area contributed by atoms with Gasteiger partial charge in [0.25, 0.3) is 5.91 Å². The number of ether oxygens (including phenoxy) is 1. The van der Waals surface area contributed by atoms with Crippen LogP contribution in [0.3, 0.4) is 0 Å². The van der Waals surface area contributed by atoms with Crippen LogP contribution in [-0.4, -0.2) is 52.2 Å². The van der Waals surface area contributed by atoms with Crippen molar-refractivity contribution in [2.24, 2.45) is 5.73 Å². The number of oxazole rings is 1. The third-order valence-electron chi connectivity index (χ3n) is 5.10. The van der Waals surface area contributed by atoms with Crippen molar-refractivity contribution < 1.29 is 32.2 Å². The van der Waals surface area contributed by atoms with Gasteiger partial charge in [-0.15, -0.1) is 0 Å². The van der Waals surface area contributed by atoms with E-state index in [9.17, 15) is 23.1 Å². The highest BCUT2D eigenvalue weighted by atomic mass is 19.4. The number of hydrogen-bond acceptors (Lipinski definition) is 7. The van der Waals surface area contributed by atoms with Gasteiger partial charge in [-0.05, 0) is 30.7 Å². The number of aromatic nitrogens is 2. The van der Waals surface area contributed by atoms with Gasteiger partial charge in [0.1, 0.15) is 17.0 Å². The number of pyridine rings is 1. The van der Waals surface area contributed by atoms with E-state index < -0.39 is 23.9 Å². The molecule has 0 radical (unpaired) electrons. The van der Waals surface area contributed by atoms with Gasteiger partial charge < -0.3 is 24.9 Å². The number of nitrogens with two attached hydrogens (primary N) is 1. The molecule has 11 heteroatoms. The lowest BCUT2D eigenvalue weighted by Crippen LogP contribution is -2.30. The molecule has 1 aliphatic heterocycles. The summed E-state index contributed by atoms with van der Waals surface area (Å²) in [5, 5.41) is 10.0. The van der Waals surface area contributed by atoms with Crippen LogP contribution >= 0.6 is 0 Å². The van der Waals surface area contributed by atoms with Crippen molar-refractivity contribution >= 4 is 16.8 Å². The summed E-state index contributed by atoms with van der Waals surface area (Å²) in [6, 6.07) is 5.13. The summed E-state index contributed by atoms with van der Waals surface area (Å²) < 4.78 is 50.3. The zero-order valence-corrected chi connectivity index (χ0v) is 16.4. The Morgan fingerprint density at radius 3 is 2.71 bits per heavy atom. The summed E-state index contributed by atoms with van der Waals surface area (Å²) in [4.78, 5) is 22.3. The van der Waals surface area contributed by atoms with Gasteiger partial charge >= 0.3 is 6.18 Å². The minimum Gasteiger partial charge on any atom is -0.494 e. The van der Waals surface area contributed by atoms with Crippen molar-refractivity contribution in [2.45, 2.75) is 25.2 Å². The molecule has 1 saturated heterocycles. The minimum atomic E-state index is -4.62. The van der Waals surface area contributed by atoms with E-state index in [1.54, 1.807) is 6.07 Å².